The van der Waals surface area contributed by atoms with Gasteiger partial charge in [0.1, 0.15) is 6.10 Å². The summed E-state index contributed by atoms with van der Waals surface area (Å²) in [6, 6.07) is 0. The summed E-state index contributed by atoms with van der Waals surface area (Å²) in [5.74, 6) is 5.15. The molecule has 4 aliphatic carbocycles. The van der Waals surface area contributed by atoms with Crippen LogP contribution in [-0.2, 0) is 18.2 Å². The van der Waals surface area contributed by atoms with Crippen LogP contribution < -0.4 is 5.32 Å². The number of nitrogens with one attached hydrogen (secondary N) is 1. The molecule has 0 radical (unpaired) electrons. The van der Waals surface area contributed by atoms with E-state index in [0.717, 1.165) is 66.9 Å². The standard InChI is InChI=1S/C34H55N3O2/c1-23(2)8-7-9-24(3)29-12-13-30-28-11-10-25-20-27(14-17-33(25,4)31(28)15-18-34(29,30)5)39-32(38)36-19-16-26-21-35-22-37(26)6/h10,21-24,27-31H,7-9,11-20H2,1-6H3,(H,36,38)/t24-,27?,28+,29-,30+,31+,33?,34-/m1/s1. The van der Waals surface area contributed by atoms with E-state index in [-0.39, 0.29) is 12.2 Å². The molecule has 39 heavy (non-hydrogen) atoms. The monoisotopic (exact) mass is 537 g/mol. The highest BCUT2D eigenvalue weighted by Crippen LogP contribution is 2.67. The zero-order valence-electron chi connectivity index (χ0n) is 25.7. The van der Waals surface area contributed by atoms with Crippen molar-refractivity contribution in [3.63, 3.8) is 0 Å². The minimum atomic E-state index is -0.270. The van der Waals surface area contributed by atoms with Gasteiger partial charge in [0, 0.05) is 38.3 Å². The molecule has 3 fully saturated rings. The SMILES string of the molecule is CC(C)CCC[C@@H](C)[C@H]1CC[C@H]2[C@@H]3CC=C4CC(OC(=O)NCCc5cncn5C)CCC4(C)[C@H]3CC[C@]12C. The minimum Gasteiger partial charge on any atom is -0.446 e. The molecule has 1 amide bonds. The van der Waals surface area contributed by atoms with Gasteiger partial charge >= 0.3 is 6.09 Å². The molecule has 0 aromatic carbocycles. The molecule has 8 atom stereocenters. The number of allylic oxidation sites excluding steroid dienone is 1. The van der Waals surface area contributed by atoms with Crippen LogP contribution in [0.4, 0.5) is 4.79 Å². The van der Waals surface area contributed by atoms with E-state index in [1.54, 1.807) is 11.9 Å². The van der Waals surface area contributed by atoms with Crippen LogP contribution in [0.1, 0.15) is 111 Å². The molecule has 4 aliphatic rings. The first-order valence-electron chi connectivity index (χ1n) is 16.2. The number of fused-ring (bicyclic) bond motifs is 5. The summed E-state index contributed by atoms with van der Waals surface area (Å²) in [4.78, 5) is 16.7. The van der Waals surface area contributed by atoms with Crippen LogP contribution in [0, 0.1) is 46.3 Å². The first-order chi connectivity index (χ1) is 18.6. The molecular weight excluding hydrogens is 482 g/mol. The summed E-state index contributed by atoms with van der Waals surface area (Å²) in [7, 11) is 1.98. The van der Waals surface area contributed by atoms with Crippen molar-refractivity contribution in [3.05, 3.63) is 29.9 Å². The molecule has 5 rings (SSSR count). The smallest absolute Gasteiger partial charge is 0.407 e. The number of ether oxygens (including phenoxy) is 1. The average molecular weight is 538 g/mol. The first kappa shape index (κ1) is 28.7. The van der Waals surface area contributed by atoms with Crippen molar-refractivity contribution in [3.8, 4) is 0 Å². The van der Waals surface area contributed by atoms with Gasteiger partial charge in [0.2, 0.25) is 0 Å². The van der Waals surface area contributed by atoms with Gasteiger partial charge in [-0.15, -0.1) is 0 Å². The average Bonchev–Trinajstić information content (AvgIpc) is 3.46. The van der Waals surface area contributed by atoms with E-state index in [2.05, 4.69) is 51.0 Å². The van der Waals surface area contributed by atoms with Crippen LogP contribution in [-0.4, -0.2) is 28.3 Å². The Labute approximate surface area is 237 Å². The van der Waals surface area contributed by atoms with Crippen molar-refractivity contribution in [2.75, 3.05) is 6.54 Å². The number of imidazole rings is 1. The van der Waals surface area contributed by atoms with Crippen LogP contribution in [0.5, 0.6) is 0 Å². The van der Waals surface area contributed by atoms with E-state index >= 15 is 0 Å². The van der Waals surface area contributed by atoms with Crippen molar-refractivity contribution in [1.29, 1.82) is 0 Å². The molecule has 0 spiro atoms. The predicted octanol–water partition coefficient (Wildman–Crippen LogP) is 8.10. The van der Waals surface area contributed by atoms with Crippen LogP contribution in [0.15, 0.2) is 24.2 Å². The number of rotatable bonds is 9. The second-order valence-electron chi connectivity index (χ2n) is 14.7. The molecule has 3 saturated carbocycles. The van der Waals surface area contributed by atoms with Gasteiger partial charge in [-0.2, -0.15) is 0 Å². The van der Waals surface area contributed by atoms with Gasteiger partial charge in [-0.05, 0) is 91.3 Å². The summed E-state index contributed by atoms with van der Waals surface area (Å²) in [6.07, 6.45) is 21.0. The molecule has 1 aromatic heterocycles. The Morgan fingerprint density at radius 1 is 1.13 bits per heavy atom. The van der Waals surface area contributed by atoms with Crippen molar-refractivity contribution < 1.29 is 9.53 Å². The summed E-state index contributed by atoms with van der Waals surface area (Å²) < 4.78 is 7.92. The fourth-order valence-corrected chi connectivity index (χ4v) is 9.86. The van der Waals surface area contributed by atoms with Gasteiger partial charge in [-0.25, -0.2) is 9.78 Å². The van der Waals surface area contributed by atoms with E-state index in [4.69, 9.17) is 4.74 Å². The third-order valence-electron chi connectivity index (χ3n) is 12.1. The molecule has 1 N–H and O–H groups in total. The Kier molecular flexibility index (Phi) is 8.55. The molecule has 5 nitrogen and oxygen atoms in total. The zero-order chi connectivity index (χ0) is 27.8. The number of hydrogen-bond donors (Lipinski definition) is 1. The summed E-state index contributed by atoms with van der Waals surface area (Å²) in [5.41, 5.74) is 3.53. The lowest BCUT2D eigenvalue weighted by molar-refractivity contribution is -0.0581. The third kappa shape index (κ3) is 5.71. The van der Waals surface area contributed by atoms with Gasteiger partial charge in [0.05, 0.1) is 6.33 Å². The number of amides is 1. The van der Waals surface area contributed by atoms with Crippen LogP contribution >= 0.6 is 0 Å². The molecule has 0 bridgehead atoms. The highest BCUT2D eigenvalue weighted by atomic mass is 16.6. The number of carbonyl (C=O) groups is 1. The highest BCUT2D eigenvalue weighted by Gasteiger charge is 2.59. The van der Waals surface area contributed by atoms with Crippen molar-refractivity contribution >= 4 is 6.09 Å². The van der Waals surface area contributed by atoms with E-state index in [1.165, 1.54) is 51.4 Å². The largest absolute Gasteiger partial charge is 0.446 e. The zero-order valence-corrected chi connectivity index (χ0v) is 25.7. The van der Waals surface area contributed by atoms with Crippen molar-refractivity contribution in [2.24, 2.45) is 53.4 Å². The number of alkyl carbamates (subject to hydrolysis) is 1. The summed E-state index contributed by atoms with van der Waals surface area (Å²) >= 11 is 0. The van der Waals surface area contributed by atoms with Gasteiger partial charge in [-0.1, -0.05) is 65.5 Å². The van der Waals surface area contributed by atoms with Crippen molar-refractivity contribution in [2.45, 2.75) is 118 Å². The lowest BCUT2D eigenvalue weighted by atomic mass is 9.47. The summed E-state index contributed by atoms with van der Waals surface area (Å²) in [6.45, 7) is 13.1. The van der Waals surface area contributed by atoms with Gasteiger partial charge in [0.25, 0.3) is 0 Å². The number of aromatic nitrogens is 2. The van der Waals surface area contributed by atoms with Crippen LogP contribution in [0.25, 0.3) is 0 Å². The quantitative estimate of drug-likeness (QED) is 0.324. The fourth-order valence-electron chi connectivity index (χ4n) is 9.86. The van der Waals surface area contributed by atoms with E-state index in [0.29, 0.717) is 17.4 Å². The number of hydrogen-bond acceptors (Lipinski definition) is 3. The number of nitrogens with zero attached hydrogens (tertiary/aromatic N) is 2. The van der Waals surface area contributed by atoms with Gasteiger partial charge in [0.15, 0.2) is 0 Å². The lowest BCUT2D eigenvalue weighted by Gasteiger charge is -2.58. The maximum Gasteiger partial charge on any atom is 0.407 e. The Morgan fingerprint density at radius 3 is 2.69 bits per heavy atom. The molecule has 5 heteroatoms. The predicted molar refractivity (Wildman–Crippen MR) is 158 cm³/mol. The van der Waals surface area contributed by atoms with Crippen molar-refractivity contribution in [1.82, 2.24) is 14.9 Å². The second-order valence-corrected chi connectivity index (χ2v) is 14.7. The van der Waals surface area contributed by atoms with E-state index < -0.39 is 0 Å². The number of carbonyl (C=O) groups excluding carboxylic acids is 1. The Hall–Kier alpha value is -1.78. The Balaban J connectivity index is 1.17. The molecule has 1 heterocycles. The molecular formula is C34H55N3O2. The Morgan fingerprint density at radius 2 is 1.95 bits per heavy atom. The number of aryl methyl sites for hydroxylation is 1. The Bertz CT molecular complexity index is 1030. The van der Waals surface area contributed by atoms with Gasteiger partial charge in [-0.3, -0.25) is 0 Å². The van der Waals surface area contributed by atoms with Crippen LogP contribution in [0.3, 0.4) is 0 Å². The van der Waals surface area contributed by atoms with E-state index in [1.807, 2.05) is 17.8 Å². The maximum absolute atomic E-state index is 12.6. The topological polar surface area (TPSA) is 56.1 Å². The van der Waals surface area contributed by atoms with Crippen LogP contribution in [0.2, 0.25) is 0 Å². The minimum absolute atomic E-state index is 0.00832. The molecule has 0 saturated heterocycles. The lowest BCUT2D eigenvalue weighted by Crippen LogP contribution is -2.51. The summed E-state index contributed by atoms with van der Waals surface area (Å²) in [5, 5.41) is 2.96. The fraction of sp³-hybridized carbons (Fsp3) is 0.824. The molecule has 218 valence electrons. The normalized spacial score (nSPS) is 36.5. The third-order valence-corrected chi connectivity index (χ3v) is 12.1. The maximum atomic E-state index is 12.6. The highest BCUT2D eigenvalue weighted by molar-refractivity contribution is 5.67. The van der Waals surface area contributed by atoms with E-state index in [9.17, 15) is 4.79 Å². The molecule has 2 unspecified atom stereocenters. The molecule has 1 aromatic rings. The first-order valence-corrected chi connectivity index (χ1v) is 16.2. The second kappa shape index (κ2) is 11.6. The van der Waals surface area contributed by atoms with Gasteiger partial charge < -0.3 is 14.6 Å². The molecule has 0 aliphatic heterocycles.